The number of halogens is 2. The van der Waals surface area contributed by atoms with Gasteiger partial charge in [-0.15, -0.1) is 0 Å². The van der Waals surface area contributed by atoms with Crippen LogP contribution in [0, 0.1) is 0 Å². The summed E-state index contributed by atoms with van der Waals surface area (Å²) in [5, 5.41) is 3.69. The topological polar surface area (TPSA) is 89.3 Å². The quantitative estimate of drug-likeness (QED) is 0.318. The minimum Gasteiger partial charge on any atom is -0.486 e. The van der Waals surface area contributed by atoms with Crippen molar-refractivity contribution in [3.8, 4) is 5.75 Å². The van der Waals surface area contributed by atoms with E-state index in [0.717, 1.165) is 15.7 Å². The number of ether oxygens (including phenoxy) is 1. The third-order valence-electron chi connectivity index (χ3n) is 2.56. The molecule has 0 saturated heterocycles. The summed E-state index contributed by atoms with van der Waals surface area (Å²) in [5.41, 5.74) is 3.81. The molecule has 1 heterocycles. The highest BCUT2D eigenvalue weighted by atomic mass is 79.9. The molecule has 0 fully saturated rings. The van der Waals surface area contributed by atoms with Gasteiger partial charge >= 0.3 is 0 Å². The Morgan fingerprint density at radius 1 is 1.45 bits per heavy atom. The zero-order chi connectivity index (χ0) is 16.4. The van der Waals surface area contributed by atoms with E-state index in [0.29, 0.717) is 23.8 Å². The Labute approximate surface area is 142 Å². The number of rotatable bonds is 5. The Morgan fingerprint density at radius 3 is 2.77 bits per heavy atom. The van der Waals surface area contributed by atoms with Crippen LogP contribution in [0.15, 0.2) is 41.1 Å². The van der Waals surface area contributed by atoms with Crippen LogP contribution in [0.3, 0.4) is 0 Å². The third kappa shape index (κ3) is 5.51. The smallest absolute Gasteiger partial charge is 0.221 e. The molecule has 1 aromatic carbocycles. The number of carbonyl (C=O) groups excluding carboxylic acids is 1. The average Bonchev–Trinajstić information content (AvgIpc) is 2.55. The second-order valence-corrected chi connectivity index (χ2v) is 5.16. The molecule has 0 saturated carbocycles. The number of benzene rings is 1. The van der Waals surface area contributed by atoms with Gasteiger partial charge in [0, 0.05) is 29.0 Å². The summed E-state index contributed by atoms with van der Waals surface area (Å²) in [6.07, 6.45) is 3.64. The Kier molecular flexibility index (Phi) is 8.27. The van der Waals surface area contributed by atoms with E-state index in [4.69, 9.17) is 21.1 Å². The maximum atomic E-state index is 8.94. The van der Waals surface area contributed by atoms with Gasteiger partial charge < -0.3 is 10.1 Å². The van der Waals surface area contributed by atoms with Gasteiger partial charge in [0.05, 0.1) is 11.2 Å². The molecule has 2 aromatic rings. The van der Waals surface area contributed by atoms with Gasteiger partial charge in [0.25, 0.3) is 0 Å². The molecule has 4 N–H and O–H groups in total. The molecule has 1 amide bonds. The van der Waals surface area contributed by atoms with Gasteiger partial charge in [0.1, 0.15) is 6.61 Å². The van der Waals surface area contributed by atoms with Crippen molar-refractivity contribution in [3.05, 3.63) is 51.7 Å². The van der Waals surface area contributed by atoms with Crippen molar-refractivity contribution in [2.75, 3.05) is 12.4 Å². The second kappa shape index (κ2) is 9.99. The van der Waals surface area contributed by atoms with Crippen molar-refractivity contribution in [2.45, 2.75) is 6.61 Å². The largest absolute Gasteiger partial charge is 0.486 e. The highest BCUT2D eigenvalue weighted by Gasteiger charge is 2.08. The van der Waals surface area contributed by atoms with Gasteiger partial charge in [-0.25, -0.2) is 5.84 Å². The van der Waals surface area contributed by atoms with Gasteiger partial charge in [0.15, 0.2) is 5.75 Å². The fraction of sp³-hybridized carbons (Fsp3) is 0.143. The number of pyridine rings is 1. The summed E-state index contributed by atoms with van der Waals surface area (Å²) in [7, 11) is 1.88. The van der Waals surface area contributed by atoms with Crippen LogP contribution in [0.4, 0.5) is 5.69 Å². The summed E-state index contributed by atoms with van der Waals surface area (Å²) in [5.74, 6) is 4.99. The summed E-state index contributed by atoms with van der Waals surface area (Å²) < 4.78 is 6.68. The first-order valence-electron chi connectivity index (χ1n) is 6.21. The fourth-order valence-corrected chi connectivity index (χ4v) is 2.20. The first-order chi connectivity index (χ1) is 10.6. The molecule has 22 heavy (non-hydrogen) atoms. The molecular formula is C14H16BrClN4O2. The third-order valence-corrected chi connectivity index (χ3v) is 3.62. The molecule has 118 valence electrons. The lowest BCUT2D eigenvalue weighted by molar-refractivity contribution is -0.109. The number of nitrogens with zero attached hydrogens (tertiary/aromatic N) is 1. The lowest BCUT2D eigenvalue weighted by Gasteiger charge is -2.13. The summed E-state index contributed by atoms with van der Waals surface area (Å²) >= 11 is 9.52. The molecule has 0 unspecified atom stereocenters. The highest BCUT2D eigenvalue weighted by molar-refractivity contribution is 9.10. The van der Waals surface area contributed by atoms with Crippen molar-refractivity contribution in [1.82, 2.24) is 10.4 Å². The molecule has 0 spiro atoms. The maximum Gasteiger partial charge on any atom is 0.221 e. The van der Waals surface area contributed by atoms with E-state index in [1.54, 1.807) is 23.9 Å². The predicted molar refractivity (Wildman–Crippen MR) is 90.7 cm³/mol. The summed E-state index contributed by atoms with van der Waals surface area (Å²) in [4.78, 5) is 12.9. The van der Waals surface area contributed by atoms with Crippen LogP contribution in [0.25, 0.3) is 0 Å². The number of carbonyl (C=O) groups is 1. The Bertz CT molecular complexity index is 613. The Morgan fingerprint density at radius 2 is 2.18 bits per heavy atom. The lowest BCUT2D eigenvalue weighted by atomic mass is 10.2. The molecule has 0 aliphatic heterocycles. The zero-order valence-corrected chi connectivity index (χ0v) is 14.2. The SMILES string of the molecule is CNc1cccc(Br)c1COc1cnccc1Cl.NNC=O. The first kappa shape index (κ1) is 18.2. The number of aromatic nitrogens is 1. The van der Waals surface area contributed by atoms with Crippen LogP contribution in [0.1, 0.15) is 5.56 Å². The molecule has 0 radical (unpaired) electrons. The van der Waals surface area contributed by atoms with E-state index in [2.05, 4.69) is 32.1 Å². The first-order valence-corrected chi connectivity index (χ1v) is 7.38. The second-order valence-electron chi connectivity index (χ2n) is 3.90. The van der Waals surface area contributed by atoms with Gasteiger partial charge in [-0.1, -0.05) is 33.6 Å². The van der Waals surface area contributed by atoms with Crippen LogP contribution in [0.5, 0.6) is 5.75 Å². The van der Waals surface area contributed by atoms with Crippen molar-refractivity contribution in [3.63, 3.8) is 0 Å². The number of nitrogens with two attached hydrogens (primary N) is 1. The minimum atomic E-state index is 0.403. The standard InChI is InChI=1S/C13H12BrClN2O.CH4N2O/c1-16-12-4-2-3-10(14)9(12)8-18-13-7-17-6-5-11(13)15;2-3-1-4/h2-7,16H,8H2,1H3;1H,2H2,(H,3,4). The summed E-state index contributed by atoms with van der Waals surface area (Å²) in [6, 6.07) is 7.64. The van der Waals surface area contributed by atoms with Crippen LogP contribution in [0.2, 0.25) is 5.02 Å². The zero-order valence-electron chi connectivity index (χ0n) is 11.8. The number of hydrogen-bond donors (Lipinski definition) is 3. The number of hydrazine groups is 1. The Balaban J connectivity index is 0.000000541. The van der Waals surface area contributed by atoms with E-state index in [-0.39, 0.29) is 0 Å². The molecule has 8 heteroatoms. The Hall–Kier alpha value is -1.83. The van der Waals surface area contributed by atoms with E-state index in [1.165, 1.54) is 0 Å². The van der Waals surface area contributed by atoms with Crippen molar-refractivity contribution >= 4 is 39.6 Å². The number of amides is 1. The molecule has 2 rings (SSSR count). The maximum absolute atomic E-state index is 8.94. The highest BCUT2D eigenvalue weighted by Crippen LogP contribution is 2.28. The number of anilines is 1. The predicted octanol–water partition coefficient (Wildman–Crippen LogP) is 2.72. The average molecular weight is 388 g/mol. The number of hydrogen-bond acceptors (Lipinski definition) is 5. The minimum absolute atomic E-state index is 0.403. The molecular weight excluding hydrogens is 372 g/mol. The molecule has 6 nitrogen and oxygen atoms in total. The number of nitrogens with one attached hydrogen (secondary N) is 2. The van der Waals surface area contributed by atoms with Gasteiger partial charge in [0.2, 0.25) is 6.41 Å². The molecule has 1 aromatic heterocycles. The molecule has 0 aliphatic rings. The van der Waals surface area contributed by atoms with Gasteiger partial charge in [-0.2, -0.15) is 0 Å². The molecule has 0 bridgehead atoms. The fourth-order valence-electron chi connectivity index (χ4n) is 1.56. The monoisotopic (exact) mass is 386 g/mol. The normalized spacial score (nSPS) is 9.27. The van der Waals surface area contributed by atoms with E-state index in [9.17, 15) is 0 Å². The van der Waals surface area contributed by atoms with Crippen LogP contribution < -0.4 is 21.3 Å². The van der Waals surface area contributed by atoms with Crippen molar-refractivity contribution in [1.29, 1.82) is 0 Å². The van der Waals surface area contributed by atoms with Crippen molar-refractivity contribution in [2.24, 2.45) is 5.84 Å². The van der Waals surface area contributed by atoms with Gasteiger partial charge in [-0.3, -0.25) is 15.2 Å². The lowest BCUT2D eigenvalue weighted by Crippen LogP contribution is -2.18. The van der Waals surface area contributed by atoms with Crippen LogP contribution in [-0.4, -0.2) is 18.4 Å². The molecule has 0 atom stereocenters. The van der Waals surface area contributed by atoms with Gasteiger partial charge in [-0.05, 0) is 18.2 Å². The van der Waals surface area contributed by atoms with E-state index >= 15 is 0 Å². The summed E-state index contributed by atoms with van der Waals surface area (Å²) in [6.45, 7) is 0.420. The molecule has 0 aliphatic carbocycles. The van der Waals surface area contributed by atoms with Crippen LogP contribution in [-0.2, 0) is 11.4 Å². The van der Waals surface area contributed by atoms with Crippen molar-refractivity contribution < 1.29 is 9.53 Å². The van der Waals surface area contributed by atoms with E-state index < -0.39 is 0 Å². The van der Waals surface area contributed by atoms with Crippen LogP contribution >= 0.6 is 27.5 Å². The van der Waals surface area contributed by atoms with E-state index in [1.807, 2.05) is 25.2 Å².